The predicted molar refractivity (Wildman–Crippen MR) is 118 cm³/mol. The fraction of sp³-hybridized carbons (Fsp3) is 0.136. The first-order valence-electron chi connectivity index (χ1n) is 9.39. The molecule has 6 nitrogen and oxygen atoms in total. The van der Waals surface area contributed by atoms with Crippen molar-refractivity contribution in [2.75, 3.05) is 10.0 Å². The van der Waals surface area contributed by atoms with E-state index in [9.17, 15) is 17.6 Å². The third-order valence-corrected chi connectivity index (χ3v) is 6.03. The molecule has 9 heteroatoms. The lowest BCUT2D eigenvalue weighted by Crippen LogP contribution is -2.32. The molecule has 1 amide bonds. The van der Waals surface area contributed by atoms with E-state index in [1.165, 1.54) is 42.5 Å². The molecule has 31 heavy (non-hydrogen) atoms. The molecule has 3 aromatic carbocycles. The second kappa shape index (κ2) is 9.80. The summed E-state index contributed by atoms with van der Waals surface area (Å²) in [6, 6.07) is 17.9. The fourth-order valence-electron chi connectivity index (χ4n) is 2.70. The van der Waals surface area contributed by atoms with Crippen LogP contribution in [0.25, 0.3) is 0 Å². The molecule has 0 saturated heterocycles. The van der Waals surface area contributed by atoms with Gasteiger partial charge in [0.15, 0.2) is 17.7 Å². The Balaban J connectivity index is 1.68. The topological polar surface area (TPSA) is 84.5 Å². The number of nitrogens with one attached hydrogen (secondary N) is 2. The standard InChI is InChI=1S/C22H20ClFN2O4S/c1-2-20(30-21-10-6-4-8-18(21)24)22(27)25-15-11-13-16(14-12-15)31(28,29)26-19-9-5-3-7-17(19)23/h3-14,20,26H,2H2,1H3,(H,25,27)/t20-/m1/s1. The minimum absolute atomic E-state index is 0.0000619. The van der Waals surface area contributed by atoms with E-state index in [0.29, 0.717) is 12.1 Å². The van der Waals surface area contributed by atoms with E-state index in [2.05, 4.69) is 10.0 Å². The number of amides is 1. The quantitative estimate of drug-likeness (QED) is 0.489. The fourth-order valence-corrected chi connectivity index (χ4v) is 4.02. The van der Waals surface area contributed by atoms with Gasteiger partial charge in [-0.1, -0.05) is 42.8 Å². The normalized spacial score (nSPS) is 12.1. The van der Waals surface area contributed by atoms with Crippen LogP contribution in [0.2, 0.25) is 5.02 Å². The maximum Gasteiger partial charge on any atom is 0.265 e. The first kappa shape index (κ1) is 22.6. The molecule has 2 N–H and O–H groups in total. The summed E-state index contributed by atoms with van der Waals surface area (Å²) in [7, 11) is -3.86. The van der Waals surface area contributed by atoms with Crippen LogP contribution in [0.5, 0.6) is 5.75 Å². The third-order valence-electron chi connectivity index (χ3n) is 4.32. The van der Waals surface area contributed by atoms with Crippen LogP contribution in [-0.2, 0) is 14.8 Å². The number of carbonyl (C=O) groups is 1. The van der Waals surface area contributed by atoms with E-state index in [0.717, 1.165) is 0 Å². The number of para-hydroxylation sites is 2. The van der Waals surface area contributed by atoms with Crippen LogP contribution in [0.1, 0.15) is 13.3 Å². The minimum Gasteiger partial charge on any atom is -0.478 e. The Morgan fingerprint density at radius 1 is 1.03 bits per heavy atom. The summed E-state index contributed by atoms with van der Waals surface area (Å²) in [5, 5.41) is 2.92. The Kier molecular flexibility index (Phi) is 7.14. The Labute approximate surface area is 185 Å². The lowest BCUT2D eigenvalue weighted by atomic mass is 10.2. The number of hydrogen-bond acceptors (Lipinski definition) is 4. The number of sulfonamides is 1. The average molecular weight is 463 g/mol. The summed E-state index contributed by atoms with van der Waals surface area (Å²) in [6.07, 6.45) is -0.601. The van der Waals surface area contributed by atoms with E-state index in [-0.39, 0.29) is 21.4 Å². The smallest absolute Gasteiger partial charge is 0.265 e. The molecule has 162 valence electrons. The van der Waals surface area contributed by atoms with Crippen molar-refractivity contribution in [2.24, 2.45) is 0 Å². The number of rotatable bonds is 8. The predicted octanol–water partition coefficient (Wildman–Crippen LogP) is 5.08. The maximum absolute atomic E-state index is 13.8. The highest BCUT2D eigenvalue weighted by Crippen LogP contribution is 2.25. The van der Waals surface area contributed by atoms with Crippen molar-refractivity contribution in [3.63, 3.8) is 0 Å². The second-order valence-electron chi connectivity index (χ2n) is 6.54. The van der Waals surface area contributed by atoms with Crippen molar-refractivity contribution in [3.05, 3.63) is 83.6 Å². The van der Waals surface area contributed by atoms with E-state index >= 15 is 0 Å². The van der Waals surface area contributed by atoms with Crippen LogP contribution in [0.4, 0.5) is 15.8 Å². The van der Waals surface area contributed by atoms with Crippen molar-refractivity contribution >= 4 is 38.9 Å². The number of ether oxygens (including phenoxy) is 1. The highest BCUT2D eigenvalue weighted by atomic mass is 35.5. The molecule has 3 aromatic rings. The Morgan fingerprint density at radius 2 is 1.68 bits per heavy atom. The summed E-state index contributed by atoms with van der Waals surface area (Å²) < 4.78 is 46.8. The number of benzene rings is 3. The van der Waals surface area contributed by atoms with Crippen molar-refractivity contribution in [3.8, 4) is 5.75 Å². The first-order valence-corrected chi connectivity index (χ1v) is 11.3. The lowest BCUT2D eigenvalue weighted by Gasteiger charge is -2.18. The monoisotopic (exact) mass is 462 g/mol. The highest BCUT2D eigenvalue weighted by Gasteiger charge is 2.21. The minimum atomic E-state index is -3.86. The molecule has 0 aliphatic carbocycles. The Bertz CT molecular complexity index is 1170. The summed E-state index contributed by atoms with van der Waals surface area (Å²) in [6.45, 7) is 1.74. The molecule has 3 rings (SSSR count). The van der Waals surface area contributed by atoms with E-state index in [1.807, 2.05) is 0 Å². The largest absolute Gasteiger partial charge is 0.478 e. The molecule has 0 aliphatic heterocycles. The van der Waals surface area contributed by atoms with Crippen LogP contribution in [0.15, 0.2) is 77.7 Å². The molecule has 0 fully saturated rings. The maximum atomic E-state index is 13.8. The molecule has 0 bridgehead atoms. The average Bonchev–Trinajstić information content (AvgIpc) is 2.75. The molecule has 0 aliphatic rings. The van der Waals surface area contributed by atoms with Crippen LogP contribution in [-0.4, -0.2) is 20.4 Å². The molecular formula is C22H20ClFN2O4S. The van der Waals surface area contributed by atoms with E-state index in [4.69, 9.17) is 16.3 Å². The van der Waals surface area contributed by atoms with Gasteiger partial charge in [0.25, 0.3) is 15.9 Å². The molecule has 0 saturated carbocycles. The molecule has 1 atom stereocenters. The molecule has 0 heterocycles. The first-order chi connectivity index (χ1) is 14.8. The van der Waals surface area contributed by atoms with Gasteiger partial charge in [0.1, 0.15) is 0 Å². The van der Waals surface area contributed by atoms with Crippen molar-refractivity contribution in [2.45, 2.75) is 24.3 Å². The van der Waals surface area contributed by atoms with Gasteiger partial charge < -0.3 is 10.1 Å². The van der Waals surface area contributed by atoms with Crippen molar-refractivity contribution in [1.82, 2.24) is 0 Å². The van der Waals surface area contributed by atoms with Gasteiger partial charge in [0.05, 0.1) is 15.6 Å². The Morgan fingerprint density at radius 3 is 2.32 bits per heavy atom. The zero-order valence-electron chi connectivity index (χ0n) is 16.5. The Hall–Kier alpha value is -3.10. The van der Waals surface area contributed by atoms with Gasteiger partial charge in [-0.2, -0.15) is 0 Å². The van der Waals surface area contributed by atoms with Crippen molar-refractivity contribution in [1.29, 1.82) is 0 Å². The zero-order valence-corrected chi connectivity index (χ0v) is 18.1. The molecule has 0 spiro atoms. The molecule has 0 unspecified atom stereocenters. The van der Waals surface area contributed by atoms with E-state index in [1.54, 1.807) is 37.3 Å². The number of halogens is 2. The SMILES string of the molecule is CC[C@@H](Oc1ccccc1F)C(=O)Nc1ccc(S(=O)(=O)Nc2ccccc2Cl)cc1. The number of hydrogen-bond donors (Lipinski definition) is 2. The third kappa shape index (κ3) is 5.74. The summed E-state index contributed by atoms with van der Waals surface area (Å²) in [5.74, 6) is -1.05. The van der Waals surface area contributed by atoms with Gasteiger partial charge >= 0.3 is 0 Å². The van der Waals surface area contributed by atoms with Crippen LogP contribution >= 0.6 is 11.6 Å². The van der Waals surface area contributed by atoms with Gasteiger partial charge in [-0.25, -0.2) is 12.8 Å². The van der Waals surface area contributed by atoms with Gasteiger partial charge in [-0.3, -0.25) is 9.52 Å². The molecule has 0 aromatic heterocycles. The number of carbonyl (C=O) groups excluding carboxylic acids is 1. The van der Waals surface area contributed by atoms with Gasteiger partial charge in [0, 0.05) is 5.69 Å². The summed E-state index contributed by atoms with van der Waals surface area (Å²) in [5.41, 5.74) is 0.634. The molecule has 0 radical (unpaired) electrons. The summed E-state index contributed by atoms with van der Waals surface area (Å²) in [4.78, 5) is 12.5. The van der Waals surface area contributed by atoms with Gasteiger partial charge in [-0.15, -0.1) is 0 Å². The highest BCUT2D eigenvalue weighted by molar-refractivity contribution is 7.92. The van der Waals surface area contributed by atoms with E-state index < -0.39 is 27.9 Å². The van der Waals surface area contributed by atoms with Gasteiger partial charge in [0.2, 0.25) is 0 Å². The molecular weight excluding hydrogens is 443 g/mol. The second-order valence-corrected chi connectivity index (χ2v) is 8.63. The number of anilines is 2. The van der Waals surface area contributed by atoms with Crippen molar-refractivity contribution < 1.29 is 22.3 Å². The summed E-state index contributed by atoms with van der Waals surface area (Å²) >= 11 is 6.00. The lowest BCUT2D eigenvalue weighted by molar-refractivity contribution is -0.122. The van der Waals surface area contributed by atoms with Crippen LogP contribution in [0, 0.1) is 5.82 Å². The zero-order chi connectivity index (χ0) is 22.4. The van der Waals surface area contributed by atoms with Crippen LogP contribution in [0.3, 0.4) is 0 Å². The van der Waals surface area contributed by atoms with Gasteiger partial charge in [-0.05, 0) is 55.0 Å². The van der Waals surface area contributed by atoms with Crippen LogP contribution < -0.4 is 14.8 Å².